The molecular weight excluding hydrogens is 422 g/mol. The number of halogens is 2. The predicted molar refractivity (Wildman–Crippen MR) is 124 cm³/mol. The maximum atomic E-state index is 14.9. The molecule has 8 heteroatoms. The number of piperidine rings is 1. The van der Waals surface area contributed by atoms with Crippen LogP contribution < -0.4 is 0 Å². The molecule has 3 aromatic heterocycles. The largest absolute Gasteiger partial charge is 0.298 e. The topological polar surface area (TPSA) is 59.2 Å². The van der Waals surface area contributed by atoms with Crippen molar-refractivity contribution in [2.45, 2.75) is 46.1 Å². The Morgan fingerprint density at radius 2 is 1.88 bits per heavy atom. The van der Waals surface area contributed by atoms with Crippen molar-refractivity contribution in [1.82, 2.24) is 29.5 Å². The normalized spacial score (nSPS) is 16.5. The number of pyridine rings is 1. The number of hydrogen-bond donors (Lipinski definition) is 0. The molecule has 0 N–H and O–H groups in total. The Balaban J connectivity index is 0.00000126. The van der Waals surface area contributed by atoms with Crippen LogP contribution in [0.5, 0.6) is 0 Å². The number of rotatable bonds is 4. The lowest BCUT2D eigenvalue weighted by Crippen LogP contribution is -2.35. The second-order valence-corrected chi connectivity index (χ2v) is 8.03. The Morgan fingerprint density at radius 1 is 1.09 bits per heavy atom. The Morgan fingerprint density at radius 3 is 2.61 bits per heavy atom. The minimum absolute atomic E-state index is 0.102. The average molecular weight is 451 g/mol. The Bertz CT molecular complexity index is 1200. The number of nitrogens with zero attached hydrogens (tertiary/aromatic N) is 6. The van der Waals surface area contributed by atoms with E-state index in [0.29, 0.717) is 23.4 Å². The van der Waals surface area contributed by atoms with Crippen molar-refractivity contribution in [2.24, 2.45) is 0 Å². The molecule has 5 rings (SSSR count). The molecule has 0 bridgehead atoms. The van der Waals surface area contributed by atoms with Crippen molar-refractivity contribution >= 4 is 5.78 Å². The molecule has 0 radical (unpaired) electrons. The number of likely N-dealkylation sites (tertiary alicyclic amines) is 1. The van der Waals surface area contributed by atoms with E-state index in [1.165, 1.54) is 18.5 Å². The Labute approximate surface area is 192 Å². The summed E-state index contributed by atoms with van der Waals surface area (Å²) < 4.78 is 31.5. The van der Waals surface area contributed by atoms with Crippen LogP contribution in [0.4, 0.5) is 8.78 Å². The quantitative estimate of drug-likeness (QED) is 0.429. The van der Waals surface area contributed by atoms with Crippen molar-refractivity contribution in [3.05, 3.63) is 77.6 Å². The lowest BCUT2D eigenvalue weighted by molar-refractivity contribution is 0.193. The van der Waals surface area contributed by atoms with Gasteiger partial charge in [-0.2, -0.15) is 10.1 Å². The van der Waals surface area contributed by atoms with Gasteiger partial charge in [-0.1, -0.05) is 19.9 Å². The second kappa shape index (κ2) is 10.1. The number of aryl methyl sites for hydroxylation is 1. The highest BCUT2D eigenvalue weighted by molar-refractivity contribution is 5.63. The van der Waals surface area contributed by atoms with Crippen LogP contribution in [-0.2, 0) is 6.54 Å². The zero-order chi connectivity index (χ0) is 23.4. The number of benzene rings is 1. The Hall–Kier alpha value is -3.26. The monoisotopic (exact) mass is 450 g/mol. The summed E-state index contributed by atoms with van der Waals surface area (Å²) in [6.07, 6.45) is 6.67. The third kappa shape index (κ3) is 4.90. The molecule has 0 spiro atoms. The highest BCUT2D eigenvalue weighted by Gasteiger charge is 2.26. The molecule has 0 saturated carbocycles. The van der Waals surface area contributed by atoms with Crippen LogP contribution in [0.15, 0.2) is 49.1 Å². The first-order chi connectivity index (χ1) is 16.1. The van der Waals surface area contributed by atoms with Gasteiger partial charge in [-0.3, -0.25) is 9.88 Å². The van der Waals surface area contributed by atoms with Crippen molar-refractivity contribution in [3.8, 4) is 11.1 Å². The van der Waals surface area contributed by atoms with Crippen LogP contribution in [0.2, 0.25) is 0 Å². The molecule has 0 amide bonds. The molecule has 1 aliphatic rings. The van der Waals surface area contributed by atoms with Gasteiger partial charge in [0.1, 0.15) is 18.0 Å². The van der Waals surface area contributed by atoms with Gasteiger partial charge in [0.05, 0.1) is 5.69 Å². The molecule has 4 heterocycles. The SMILES string of the molecule is CC.Cc1cc(C2CCCN(Cc3c(F)cc(-c4cccnc4)cc3F)C2)n2ncnc2n1. The molecule has 172 valence electrons. The highest BCUT2D eigenvalue weighted by Crippen LogP contribution is 2.30. The van der Waals surface area contributed by atoms with Crippen LogP contribution in [0, 0.1) is 18.6 Å². The molecule has 1 atom stereocenters. The van der Waals surface area contributed by atoms with Crippen LogP contribution in [0.3, 0.4) is 0 Å². The minimum atomic E-state index is -0.528. The number of aromatic nitrogens is 5. The van der Waals surface area contributed by atoms with Crippen LogP contribution in [0.1, 0.15) is 49.6 Å². The Kier molecular flexibility index (Phi) is 7.03. The molecule has 0 aliphatic carbocycles. The van der Waals surface area contributed by atoms with Gasteiger partial charge < -0.3 is 0 Å². The van der Waals surface area contributed by atoms with Crippen molar-refractivity contribution in [3.63, 3.8) is 0 Å². The number of fused-ring (bicyclic) bond motifs is 1. The maximum absolute atomic E-state index is 14.9. The molecule has 1 aromatic carbocycles. The van der Waals surface area contributed by atoms with Gasteiger partial charge >= 0.3 is 0 Å². The first-order valence-electron chi connectivity index (χ1n) is 11.4. The minimum Gasteiger partial charge on any atom is -0.298 e. The van der Waals surface area contributed by atoms with Gasteiger partial charge in [0.25, 0.3) is 5.78 Å². The maximum Gasteiger partial charge on any atom is 0.252 e. The molecule has 1 fully saturated rings. The fourth-order valence-electron chi connectivity index (χ4n) is 4.37. The first-order valence-corrected chi connectivity index (χ1v) is 11.4. The molecule has 6 nitrogen and oxygen atoms in total. The molecule has 1 unspecified atom stereocenters. The van der Waals surface area contributed by atoms with E-state index in [0.717, 1.165) is 30.8 Å². The second-order valence-electron chi connectivity index (χ2n) is 8.03. The van der Waals surface area contributed by atoms with Gasteiger partial charge in [0, 0.05) is 48.2 Å². The van der Waals surface area contributed by atoms with Gasteiger partial charge in [-0.25, -0.2) is 18.3 Å². The molecule has 1 aliphatic heterocycles. The van der Waals surface area contributed by atoms with E-state index in [9.17, 15) is 8.78 Å². The lowest BCUT2D eigenvalue weighted by atomic mass is 9.93. The van der Waals surface area contributed by atoms with E-state index in [1.54, 1.807) is 29.0 Å². The summed E-state index contributed by atoms with van der Waals surface area (Å²) in [5.74, 6) is -0.283. The first kappa shape index (κ1) is 22.9. The van der Waals surface area contributed by atoms with E-state index >= 15 is 0 Å². The van der Waals surface area contributed by atoms with Crippen LogP contribution >= 0.6 is 0 Å². The van der Waals surface area contributed by atoms with E-state index in [1.807, 2.05) is 26.8 Å². The summed E-state index contributed by atoms with van der Waals surface area (Å²) >= 11 is 0. The summed E-state index contributed by atoms with van der Waals surface area (Å²) in [4.78, 5) is 14.7. The fraction of sp³-hybridized carbons (Fsp3) is 0.360. The summed E-state index contributed by atoms with van der Waals surface area (Å²) in [5.41, 5.74) is 3.21. The van der Waals surface area contributed by atoms with Gasteiger partial charge in [-0.15, -0.1) is 0 Å². The van der Waals surface area contributed by atoms with Crippen LogP contribution in [0.25, 0.3) is 16.9 Å². The molecule has 1 saturated heterocycles. The zero-order valence-corrected chi connectivity index (χ0v) is 19.2. The van der Waals surface area contributed by atoms with E-state index in [-0.39, 0.29) is 18.0 Å². The van der Waals surface area contributed by atoms with Crippen molar-refractivity contribution < 1.29 is 8.78 Å². The lowest BCUT2D eigenvalue weighted by Gasteiger charge is -2.33. The van der Waals surface area contributed by atoms with E-state index < -0.39 is 11.6 Å². The van der Waals surface area contributed by atoms with E-state index in [2.05, 4.69) is 25.0 Å². The van der Waals surface area contributed by atoms with Crippen molar-refractivity contribution in [2.75, 3.05) is 13.1 Å². The average Bonchev–Trinajstić information content (AvgIpc) is 3.31. The third-order valence-corrected chi connectivity index (χ3v) is 5.85. The highest BCUT2D eigenvalue weighted by atomic mass is 19.1. The smallest absolute Gasteiger partial charge is 0.252 e. The molecule has 4 aromatic rings. The summed E-state index contributed by atoms with van der Waals surface area (Å²) in [5, 5.41) is 4.31. The summed E-state index contributed by atoms with van der Waals surface area (Å²) in [7, 11) is 0. The van der Waals surface area contributed by atoms with E-state index in [4.69, 9.17) is 0 Å². The fourth-order valence-corrected chi connectivity index (χ4v) is 4.37. The van der Waals surface area contributed by atoms with Gasteiger partial charge in [0.15, 0.2) is 0 Å². The zero-order valence-electron chi connectivity index (χ0n) is 19.2. The van der Waals surface area contributed by atoms with Gasteiger partial charge in [0.2, 0.25) is 0 Å². The summed E-state index contributed by atoms with van der Waals surface area (Å²) in [6.45, 7) is 7.66. The van der Waals surface area contributed by atoms with Crippen LogP contribution in [-0.4, -0.2) is 42.6 Å². The third-order valence-electron chi connectivity index (χ3n) is 5.85. The molecule has 33 heavy (non-hydrogen) atoms. The summed E-state index contributed by atoms with van der Waals surface area (Å²) in [6, 6.07) is 8.35. The van der Waals surface area contributed by atoms with Crippen molar-refractivity contribution in [1.29, 1.82) is 0 Å². The number of hydrogen-bond acceptors (Lipinski definition) is 5. The standard InChI is InChI=1S/C23H22F2N6.C2H6/c1-15-8-22(31-23(29-15)27-14-28-31)17-5-3-7-30(12-17)13-19-20(24)9-18(10-21(19)25)16-4-2-6-26-11-16;1-2/h2,4,6,8-11,14,17H,3,5,7,12-13H2,1H3;1-2H3. The molecular formula is C25H28F2N6. The van der Waals surface area contributed by atoms with Gasteiger partial charge in [-0.05, 0) is 56.1 Å². The predicted octanol–water partition coefficient (Wildman–Crippen LogP) is 5.18.